The predicted molar refractivity (Wildman–Crippen MR) is 98.9 cm³/mol. The van der Waals surface area contributed by atoms with Crippen molar-refractivity contribution in [3.63, 3.8) is 0 Å². The summed E-state index contributed by atoms with van der Waals surface area (Å²) in [6.07, 6.45) is -3.36. The fourth-order valence-electron chi connectivity index (χ4n) is 4.00. The Morgan fingerprint density at radius 1 is 1.03 bits per heavy atom. The average Bonchev–Trinajstić information content (AvgIpc) is 2.92. The molecule has 3 amide bonds. The van der Waals surface area contributed by atoms with Crippen molar-refractivity contribution in [2.24, 2.45) is 0 Å². The summed E-state index contributed by atoms with van der Waals surface area (Å²) < 4.78 is 66.4. The number of rotatable bonds is 3. The first-order chi connectivity index (χ1) is 14.6. The highest BCUT2D eigenvalue weighted by Crippen LogP contribution is 2.40. The summed E-state index contributed by atoms with van der Waals surface area (Å²) in [5, 5.41) is 3.07. The first-order valence-corrected chi connectivity index (χ1v) is 9.47. The van der Waals surface area contributed by atoms with Gasteiger partial charge in [0, 0.05) is 12.7 Å². The SMILES string of the molecule is O=C1N(c2cc(C(F)(F)F)ccn2)C(=O)C2(CCNCC2)N1Cc1ccc(F)c(F)c1. The maximum Gasteiger partial charge on any atom is 0.416 e. The molecule has 2 aliphatic rings. The predicted octanol–water partition coefficient (Wildman–Crippen LogP) is 3.47. The van der Waals surface area contributed by atoms with Crippen molar-refractivity contribution in [2.45, 2.75) is 31.1 Å². The lowest BCUT2D eigenvalue weighted by molar-refractivity contribution is -0.137. The summed E-state index contributed by atoms with van der Waals surface area (Å²) in [5.41, 5.74) is -2.11. The number of benzene rings is 1. The molecule has 31 heavy (non-hydrogen) atoms. The Kier molecular flexibility index (Phi) is 5.16. The van der Waals surface area contributed by atoms with Gasteiger partial charge in [-0.05, 0) is 55.8 Å². The molecule has 4 rings (SSSR count). The number of hydrogen-bond donors (Lipinski definition) is 1. The number of amides is 3. The largest absolute Gasteiger partial charge is 0.416 e. The fraction of sp³-hybridized carbons (Fsp3) is 0.350. The van der Waals surface area contributed by atoms with Gasteiger partial charge in [0.05, 0.1) is 5.56 Å². The van der Waals surface area contributed by atoms with Gasteiger partial charge in [-0.1, -0.05) is 6.07 Å². The van der Waals surface area contributed by atoms with E-state index >= 15 is 0 Å². The fourth-order valence-corrected chi connectivity index (χ4v) is 4.00. The molecule has 1 aromatic carbocycles. The molecule has 1 aromatic heterocycles. The van der Waals surface area contributed by atoms with E-state index in [0.29, 0.717) is 24.1 Å². The van der Waals surface area contributed by atoms with E-state index in [0.717, 1.165) is 24.4 Å². The third-order valence-electron chi connectivity index (χ3n) is 5.60. The van der Waals surface area contributed by atoms with E-state index < -0.39 is 46.7 Å². The third-order valence-corrected chi connectivity index (χ3v) is 5.60. The van der Waals surface area contributed by atoms with Crippen molar-refractivity contribution in [1.29, 1.82) is 0 Å². The number of carbonyl (C=O) groups is 2. The van der Waals surface area contributed by atoms with Crippen molar-refractivity contribution < 1.29 is 31.5 Å². The van der Waals surface area contributed by atoms with E-state index in [2.05, 4.69) is 10.3 Å². The number of piperidine rings is 1. The van der Waals surface area contributed by atoms with Crippen LogP contribution in [0.1, 0.15) is 24.0 Å². The van der Waals surface area contributed by atoms with Gasteiger partial charge < -0.3 is 10.2 Å². The van der Waals surface area contributed by atoms with Crippen LogP contribution in [-0.2, 0) is 17.5 Å². The third kappa shape index (κ3) is 3.62. The molecule has 1 spiro atoms. The summed E-state index contributed by atoms with van der Waals surface area (Å²) in [4.78, 5) is 32.3. The molecular weight excluding hydrogens is 423 g/mol. The summed E-state index contributed by atoms with van der Waals surface area (Å²) >= 11 is 0. The van der Waals surface area contributed by atoms with Gasteiger partial charge in [0.1, 0.15) is 11.4 Å². The molecule has 2 aromatic rings. The smallest absolute Gasteiger partial charge is 0.317 e. The molecule has 0 atom stereocenters. The standard InChI is InChI=1S/C20H17F5N4O2/c21-14-2-1-12(9-15(14)22)11-28-18(31)29(17(30)19(28)4-7-26-8-5-19)16-10-13(3-6-27-16)20(23,24)25/h1-3,6,9-10,26H,4-5,7-8,11H2. The van der Waals surface area contributed by atoms with Crippen LogP contribution in [0.4, 0.5) is 32.6 Å². The molecule has 0 saturated carbocycles. The lowest BCUT2D eigenvalue weighted by atomic mass is 9.86. The Bertz CT molecular complexity index is 1040. The topological polar surface area (TPSA) is 65.5 Å². The molecule has 2 saturated heterocycles. The van der Waals surface area contributed by atoms with Crippen LogP contribution in [0.25, 0.3) is 0 Å². The molecule has 6 nitrogen and oxygen atoms in total. The highest BCUT2D eigenvalue weighted by Gasteiger charge is 2.58. The van der Waals surface area contributed by atoms with E-state index in [1.54, 1.807) is 0 Å². The number of urea groups is 1. The normalized spacial score (nSPS) is 18.9. The van der Waals surface area contributed by atoms with Crippen LogP contribution in [0.5, 0.6) is 0 Å². The number of imide groups is 1. The van der Waals surface area contributed by atoms with Crippen LogP contribution in [0.15, 0.2) is 36.5 Å². The number of nitrogens with zero attached hydrogens (tertiary/aromatic N) is 3. The molecule has 0 bridgehead atoms. The summed E-state index contributed by atoms with van der Waals surface area (Å²) in [6, 6.07) is 3.65. The quantitative estimate of drug-likeness (QED) is 0.587. The summed E-state index contributed by atoms with van der Waals surface area (Å²) in [6.45, 7) is 0.589. The van der Waals surface area contributed by atoms with Crippen LogP contribution in [0.2, 0.25) is 0 Å². The minimum absolute atomic E-state index is 0.211. The average molecular weight is 440 g/mol. The van der Waals surface area contributed by atoms with Crippen molar-refractivity contribution in [3.05, 3.63) is 59.3 Å². The van der Waals surface area contributed by atoms with Crippen molar-refractivity contribution in [2.75, 3.05) is 18.0 Å². The molecule has 0 aliphatic carbocycles. The maximum absolute atomic E-state index is 13.7. The van der Waals surface area contributed by atoms with E-state index in [-0.39, 0.29) is 24.9 Å². The lowest BCUT2D eigenvalue weighted by Crippen LogP contribution is -2.55. The molecule has 1 N–H and O–H groups in total. The Labute approximate surface area is 173 Å². The van der Waals surface area contributed by atoms with Crippen LogP contribution in [-0.4, -0.2) is 40.5 Å². The zero-order valence-corrected chi connectivity index (χ0v) is 16.0. The van der Waals surface area contributed by atoms with Crippen LogP contribution in [0.3, 0.4) is 0 Å². The second-order valence-electron chi connectivity index (χ2n) is 7.44. The first kappa shape index (κ1) is 21.2. The van der Waals surface area contributed by atoms with E-state index in [9.17, 15) is 31.5 Å². The molecule has 164 valence electrons. The van der Waals surface area contributed by atoms with E-state index in [4.69, 9.17) is 0 Å². The lowest BCUT2D eigenvalue weighted by Gasteiger charge is -2.38. The number of alkyl halides is 3. The van der Waals surface area contributed by atoms with Gasteiger partial charge in [0.25, 0.3) is 5.91 Å². The number of anilines is 1. The Morgan fingerprint density at radius 2 is 1.74 bits per heavy atom. The highest BCUT2D eigenvalue weighted by molar-refractivity contribution is 6.22. The second kappa shape index (κ2) is 7.56. The number of carbonyl (C=O) groups excluding carboxylic acids is 2. The maximum atomic E-state index is 13.7. The van der Waals surface area contributed by atoms with Crippen molar-refractivity contribution in [3.8, 4) is 0 Å². The monoisotopic (exact) mass is 440 g/mol. The number of aromatic nitrogens is 1. The van der Waals surface area contributed by atoms with Crippen LogP contribution in [0, 0.1) is 11.6 Å². The molecule has 2 fully saturated rings. The molecule has 3 heterocycles. The van der Waals surface area contributed by atoms with Gasteiger partial charge in [-0.2, -0.15) is 13.2 Å². The van der Waals surface area contributed by atoms with Crippen molar-refractivity contribution >= 4 is 17.8 Å². The number of halogens is 5. The van der Waals surface area contributed by atoms with Gasteiger partial charge in [0.2, 0.25) is 0 Å². The van der Waals surface area contributed by atoms with Gasteiger partial charge in [-0.3, -0.25) is 4.79 Å². The molecule has 0 radical (unpaired) electrons. The van der Waals surface area contributed by atoms with Gasteiger partial charge >= 0.3 is 12.2 Å². The second-order valence-corrected chi connectivity index (χ2v) is 7.44. The van der Waals surface area contributed by atoms with Gasteiger partial charge in [-0.15, -0.1) is 0 Å². The van der Waals surface area contributed by atoms with Gasteiger partial charge in [-0.25, -0.2) is 23.5 Å². The van der Waals surface area contributed by atoms with E-state index in [1.165, 1.54) is 11.0 Å². The molecular formula is C20H17F5N4O2. The van der Waals surface area contributed by atoms with E-state index in [1.807, 2.05) is 0 Å². The zero-order chi connectivity index (χ0) is 22.4. The Balaban J connectivity index is 1.75. The van der Waals surface area contributed by atoms with Crippen molar-refractivity contribution in [1.82, 2.24) is 15.2 Å². The molecule has 0 unspecified atom stereocenters. The number of pyridine rings is 1. The molecule has 2 aliphatic heterocycles. The summed E-state index contributed by atoms with van der Waals surface area (Å²) in [5.74, 6) is -3.28. The number of nitrogens with one attached hydrogen (secondary N) is 1. The minimum Gasteiger partial charge on any atom is -0.317 e. The first-order valence-electron chi connectivity index (χ1n) is 9.47. The molecule has 11 heteroatoms. The highest BCUT2D eigenvalue weighted by atomic mass is 19.4. The summed E-state index contributed by atoms with van der Waals surface area (Å²) in [7, 11) is 0. The minimum atomic E-state index is -4.68. The van der Waals surface area contributed by atoms with Crippen LogP contribution < -0.4 is 10.2 Å². The Morgan fingerprint density at radius 3 is 2.39 bits per heavy atom. The Hall–Kier alpha value is -3.08. The van der Waals surface area contributed by atoms with Gasteiger partial charge in [0.15, 0.2) is 11.6 Å². The number of hydrogen-bond acceptors (Lipinski definition) is 4. The van der Waals surface area contributed by atoms with Crippen LogP contribution >= 0.6 is 0 Å². The zero-order valence-electron chi connectivity index (χ0n) is 16.0.